The molecule has 0 unspecified atom stereocenters. The number of benzene rings is 2. The lowest BCUT2D eigenvalue weighted by atomic mass is 10.2. The van der Waals surface area contributed by atoms with Crippen molar-refractivity contribution in [3.63, 3.8) is 0 Å². The summed E-state index contributed by atoms with van der Waals surface area (Å²) >= 11 is 0. The lowest BCUT2D eigenvalue weighted by molar-refractivity contribution is -0.114. The second-order valence-electron chi connectivity index (χ2n) is 5.81. The van der Waals surface area contributed by atoms with E-state index in [9.17, 15) is 9.18 Å². The number of nitrogens with one attached hydrogen (secondary N) is 3. The summed E-state index contributed by atoms with van der Waals surface area (Å²) in [5, 5.41) is 9.06. The molecule has 0 bridgehead atoms. The zero-order chi connectivity index (χ0) is 19.5. The van der Waals surface area contributed by atoms with Gasteiger partial charge in [0.1, 0.15) is 18.2 Å². The molecule has 0 saturated heterocycles. The van der Waals surface area contributed by atoms with Crippen molar-refractivity contribution < 1.29 is 13.9 Å². The molecule has 1 amide bonds. The number of ether oxygens (including phenoxy) is 1. The number of hydrogen-bond acceptors (Lipinski definition) is 3. The Hall–Kier alpha value is -2.36. The van der Waals surface area contributed by atoms with Crippen molar-refractivity contribution in [2.45, 2.75) is 20.4 Å². The summed E-state index contributed by atoms with van der Waals surface area (Å²) in [6.45, 7) is 5.62. The number of rotatable bonds is 8. The predicted octanol–water partition coefficient (Wildman–Crippen LogP) is 3.54. The molecule has 2 aromatic rings. The van der Waals surface area contributed by atoms with Gasteiger partial charge in [-0.2, -0.15) is 0 Å². The van der Waals surface area contributed by atoms with Crippen molar-refractivity contribution in [3.05, 3.63) is 59.9 Å². The van der Waals surface area contributed by atoms with Crippen LogP contribution in [0.2, 0.25) is 0 Å². The van der Waals surface area contributed by atoms with Crippen molar-refractivity contribution in [1.82, 2.24) is 10.6 Å². The van der Waals surface area contributed by atoms with Crippen LogP contribution in [0.25, 0.3) is 0 Å². The van der Waals surface area contributed by atoms with Gasteiger partial charge in [0, 0.05) is 25.2 Å². The van der Waals surface area contributed by atoms with Gasteiger partial charge in [0.2, 0.25) is 5.91 Å². The van der Waals surface area contributed by atoms with Crippen molar-refractivity contribution >= 4 is 41.5 Å². The zero-order valence-electron chi connectivity index (χ0n) is 16.0. The number of aliphatic imine (C=N–C) groups is 1. The topological polar surface area (TPSA) is 74.8 Å². The monoisotopic (exact) mass is 500 g/mol. The third-order valence-corrected chi connectivity index (χ3v) is 3.49. The molecule has 8 heteroatoms. The molecule has 0 atom stereocenters. The number of carbonyl (C=O) groups is 1. The Morgan fingerprint density at radius 3 is 2.57 bits per heavy atom. The van der Waals surface area contributed by atoms with E-state index < -0.39 is 0 Å². The van der Waals surface area contributed by atoms with Crippen LogP contribution in [0, 0.1) is 5.82 Å². The lowest BCUT2D eigenvalue weighted by Crippen LogP contribution is -2.39. The van der Waals surface area contributed by atoms with E-state index in [1.807, 2.05) is 19.1 Å². The Kier molecular flexibility index (Phi) is 10.9. The first-order chi connectivity index (χ1) is 13.1. The largest absolute Gasteiger partial charge is 0.492 e. The summed E-state index contributed by atoms with van der Waals surface area (Å²) in [6, 6.07) is 13.5. The summed E-state index contributed by atoms with van der Waals surface area (Å²) in [6.07, 6.45) is 0. The van der Waals surface area contributed by atoms with E-state index in [4.69, 9.17) is 4.74 Å². The molecule has 0 spiro atoms. The minimum atomic E-state index is -0.257. The van der Waals surface area contributed by atoms with Crippen LogP contribution >= 0.6 is 24.0 Å². The van der Waals surface area contributed by atoms with Crippen LogP contribution in [0.15, 0.2) is 53.5 Å². The Labute approximate surface area is 182 Å². The van der Waals surface area contributed by atoms with Crippen molar-refractivity contribution in [2.24, 2.45) is 4.99 Å². The molecule has 3 N–H and O–H groups in total. The average molecular weight is 500 g/mol. The van der Waals surface area contributed by atoms with Gasteiger partial charge in [-0.1, -0.05) is 18.2 Å². The van der Waals surface area contributed by atoms with Crippen LogP contribution in [0.1, 0.15) is 19.4 Å². The standard InChI is InChI=1S/C20H25FN4O2.HI/c1-3-22-20(24-14-16-7-9-17(21)10-8-16)23-11-12-27-19-6-4-5-18(13-19)25-15(2)26;/h4-10,13H,3,11-12,14H2,1-2H3,(H,25,26)(H2,22,23,24);1H. The normalized spacial score (nSPS) is 10.6. The maximum atomic E-state index is 12.9. The molecule has 2 rings (SSSR count). The lowest BCUT2D eigenvalue weighted by Gasteiger charge is -2.12. The number of halogens is 2. The van der Waals surface area contributed by atoms with E-state index in [1.54, 1.807) is 24.3 Å². The van der Waals surface area contributed by atoms with Crippen molar-refractivity contribution in [1.29, 1.82) is 0 Å². The minimum Gasteiger partial charge on any atom is -0.492 e. The van der Waals surface area contributed by atoms with Gasteiger partial charge in [0.15, 0.2) is 5.96 Å². The molecule has 0 heterocycles. The third-order valence-electron chi connectivity index (χ3n) is 3.49. The molecule has 0 aliphatic heterocycles. The summed E-state index contributed by atoms with van der Waals surface area (Å²) in [4.78, 5) is 15.6. The maximum absolute atomic E-state index is 12.9. The molecule has 0 aliphatic carbocycles. The highest BCUT2D eigenvalue weighted by atomic mass is 127. The first-order valence-corrected chi connectivity index (χ1v) is 8.84. The molecule has 0 aromatic heterocycles. The quantitative estimate of drug-likeness (QED) is 0.225. The number of carbonyl (C=O) groups excluding carboxylic acids is 1. The zero-order valence-corrected chi connectivity index (χ0v) is 18.3. The van der Waals surface area contributed by atoms with Gasteiger partial charge in [-0.05, 0) is 36.8 Å². The molecule has 28 heavy (non-hydrogen) atoms. The Balaban J connectivity index is 0.00000392. The summed E-state index contributed by atoms with van der Waals surface area (Å²) in [5.74, 6) is 0.961. The van der Waals surface area contributed by atoms with Gasteiger partial charge < -0.3 is 20.7 Å². The highest BCUT2D eigenvalue weighted by Crippen LogP contribution is 2.17. The first-order valence-electron chi connectivity index (χ1n) is 8.84. The van der Waals surface area contributed by atoms with E-state index in [0.717, 1.165) is 12.1 Å². The molecule has 0 fully saturated rings. The van der Waals surface area contributed by atoms with E-state index in [1.165, 1.54) is 19.1 Å². The van der Waals surface area contributed by atoms with Crippen LogP contribution in [0.4, 0.5) is 10.1 Å². The fraction of sp³-hybridized carbons (Fsp3) is 0.300. The maximum Gasteiger partial charge on any atom is 0.221 e. The number of guanidine groups is 1. The second kappa shape index (κ2) is 12.9. The van der Waals surface area contributed by atoms with Gasteiger partial charge in [0.25, 0.3) is 0 Å². The van der Waals surface area contributed by atoms with Crippen molar-refractivity contribution in [3.8, 4) is 5.75 Å². The molecule has 0 saturated carbocycles. The van der Waals surface area contributed by atoms with E-state index in [-0.39, 0.29) is 35.7 Å². The highest BCUT2D eigenvalue weighted by molar-refractivity contribution is 14.0. The van der Waals surface area contributed by atoms with E-state index >= 15 is 0 Å². The van der Waals surface area contributed by atoms with Crippen LogP contribution in [-0.2, 0) is 11.3 Å². The Morgan fingerprint density at radius 1 is 1.14 bits per heavy atom. The molecule has 6 nitrogen and oxygen atoms in total. The van der Waals surface area contributed by atoms with Crippen LogP contribution in [-0.4, -0.2) is 31.6 Å². The SMILES string of the molecule is CCNC(=NCc1ccc(F)cc1)NCCOc1cccc(NC(C)=O)c1.I. The van der Waals surface area contributed by atoms with E-state index in [0.29, 0.717) is 37.1 Å². The van der Waals surface area contributed by atoms with Gasteiger partial charge >= 0.3 is 0 Å². The summed E-state index contributed by atoms with van der Waals surface area (Å²) in [5.41, 5.74) is 1.63. The van der Waals surface area contributed by atoms with E-state index in [2.05, 4.69) is 20.9 Å². The molecular weight excluding hydrogens is 474 g/mol. The van der Waals surface area contributed by atoms with Crippen LogP contribution in [0.3, 0.4) is 0 Å². The number of nitrogens with zero attached hydrogens (tertiary/aromatic N) is 1. The van der Waals surface area contributed by atoms with Gasteiger partial charge in [-0.3, -0.25) is 4.79 Å². The molecule has 0 aliphatic rings. The molecule has 0 radical (unpaired) electrons. The van der Waals surface area contributed by atoms with Crippen LogP contribution < -0.4 is 20.7 Å². The van der Waals surface area contributed by atoms with Gasteiger partial charge in [-0.15, -0.1) is 24.0 Å². The third kappa shape index (κ3) is 9.03. The summed E-state index contributed by atoms with van der Waals surface area (Å²) < 4.78 is 18.6. The number of amides is 1. The van der Waals surface area contributed by atoms with Gasteiger partial charge in [-0.25, -0.2) is 9.38 Å². The van der Waals surface area contributed by atoms with Crippen molar-refractivity contribution in [2.75, 3.05) is 25.0 Å². The Bertz CT molecular complexity index is 769. The second-order valence-corrected chi connectivity index (χ2v) is 5.81. The smallest absolute Gasteiger partial charge is 0.221 e. The predicted molar refractivity (Wildman–Crippen MR) is 121 cm³/mol. The summed E-state index contributed by atoms with van der Waals surface area (Å²) in [7, 11) is 0. The Morgan fingerprint density at radius 2 is 1.89 bits per heavy atom. The fourth-order valence-corrected chi connectivity index (χ4v) is 2.31. The average Bonchev–Trinajstić information content (AvgIpc) is 2.64. The van der Waals surface area contributed by atoms with Gasteiger partial charge in [0.05, 0.1) is 13.1 Å². The molecular formula is C20H26FIN4O2. The molecule has 2 aromatic carbocycles. The van der Waals surface area contributed by atoms with Crippen LogP contribution in [0.5, 0.6) is 5.75 Å². The number of anilines is 1. The molecule has 152 valence electrons. The fourth-order valence-electron chi connectivity index (χ4n) is 2.31. The highest BCUT2D eigenvalue weighted by Gasteiger charge is 2.01. The number of hydrogen-bond donors (Lipinski definition) is 3. The first kappa shape index (κ1) is 23.7. The minimum absolute atomic E-state index is 0.